The minimum atomic E-state index is -1.74. The summed E-state index contributed by atoms with van der Waals surface area (Å²) in [6.45, 7) is 0.800. The summed E-state index contributed by atoms with van der Waals surface area (Å²) in [6, 6.07) is 9.64. The molecule has 2 aliphatic rings. The molecule has 0 bridgehead atoms. The van der Waals surface area contributed by atoms with Crippen molar-refractivity contribution < 1.29 is 69.3 Å². The van der Waals surface area contributed by atoms with Crippen LogP contribution in [0.3, 0.4) is 0 Å². The Balaban J connectivity index is 1.59. The van der Waals surface area contributed by atoms with Crippen molar-refractivity contribution in [2.45, 2.75) is 68.3 Å². The van der Waals surface area contributed by atoms with Crippen LogP contribution in [0.25, 0.3) is 22.3 Å². The number of aliphatic hydroxyl groups is 7. The number of aromatic hydroxyl groups is 2. The van der Waals surface area contributed by atoms with Crippen LogP contribution in [0.15, 0.2) is 46.9 Å². The van der Waals surface area contributed by atoms with Crippen molar-refractivity contribution in [3.63, 3.8) is 0 Å². The first-order chi connectivity index (χ1) is 19.5. The molecule has 14 nitrogen and oxygen atoms in total. The van der Waals surface area contributed by atoms with Crippen molar-refractivity contribution >= 4 is 11.0 Å². The van der Waals surface area contributed by atoms with Gasteiger partial charge in [0.2, 0.25) is 18.3 Å². The molecule has 0 spiro atoms. The third kappa shape index (κ3) is 5.61. The smallest absolute Gasteiger partial charge is 0.402 e. The molecule has 5 rings (SSSR count). The van der Waals surface area contributed by atoms with E-state index in [4.69, 9.17) is 23.4 Å². The molecule has 2 saturated heterocycles. The number of fused-ring (bicyclic) bond motifs is 1. The predicted molar refractivity (Wildman–Crippen MR) is 137 cm³/mol. The number of rotatable bonds is 6. The zero-order valence-electron chi connectivity index (χ0n) is 21.6. The average Bonchev–Trinajstić information content (AvgIpc) is 2.95. The summed E-state index contributed by atoms with van der Waals surface area (Å²) in [4.78, 5) is 0. The lowest BCUT2D eigenvalue weighted by Gasteiger charge is -2.39. The van der Waals surface area contributed by atoms with E-state index >= 15 is 0 Å². The van der Waals surface area contributed by atoms with Gasteiger partial charge in [0.1, 0.15) is 65.4 Å². The summed E-state index contributed by atoms with van der Waals surface area (Å²) in [5, 5.41) is 91.3. The molecule has 0 saturated carbocycles. The molecule has 3 aromatic rings. The molecule has 0 aliphatic carbocycles. The highest BCUT2D eigenvalue weighted by molar-refractivity contribution is 5.88. The maximum Gasteiger partial charge on any atom is 0.402 e. The number of phenols is 2. The summed E-state index contributed by atoms with van der Waals surface area (Å²) in [7, 11) is 0. The van der Waals surface area contributed by atoms with Crippen LogP contribution >= 0.6 is 0 Å². The fourth-order valence-electron chi connectivity index (χ4n) is 4.70. The van der Waals surface area contributed by atoms with Crippen LogP contribution in [0.2, 0.25) is 0 Å². The summed E-state index contributed by atoms with van der Waals surface area (Å²) in [6.07, 6.45) is -14.9. The molecule has 10 atom stereocenters. The van der Waals surface area contributed by atoms with Crippen LogP contribution in [0, 0.1) is 0 Å². The third-order valence-corrected chi connectivity index (χ3v) is 7.07. The molecule has 14 heteroatoms. The van der Waals surface area contributed by atoms with Crippen molar-refractivity contribution in [1.29, 1.82) is 0 Å². The summed E-state index contributed by atoms with van der Waals surface area (Å²) >= 11 is 0. The Morgan fingerprint density at radius 2 is 1.32 bits per heavy atom. The molecule has 0 radical (unpaired) electrons. The molecular formula is C27H31O14+. The van der Waals surface area contributed by atoms with Crippen LogP contribution in [0.5, 0.6) is 23.0 Å². The van der Waals surface area contributed by atoms with Gasteiger partial charge < -0.3 is 64.9 Å². The van der Waals surface area contributed by atoms with Crippen molar-refractivity contribution in [3.05, 3.63) is 42.5 Å². The van der Waals surface area contributed by atoms with Gasteiger partial charge in [0.15, 0.2) is 0 Å². The first-order valence-corrected chi connectivity index (χ1v) is 12.7. The molecule has 3 heterocycles. The molecule has 2 aromatic carbocycles. The van der Waals surface area contributed by atoms with Gasteiger partial charge >= 0.3 is 11.3 Å². The van der Waals surface area contributed by atoms with E-state index in [2.05, 4.69) is 0 Å². The largest absolute Gasteiger partial charge is 0.508 e. The normalized spacial score (nSPS) is 34.0. The summed E-state index contributed by atoms with van der Waals surface area (Å²) in [5.41, 5.74) is 0.451. The number of hydrogen-bond donors (Lipinski definition) is 9. The van der Waals surface area contributed by atoms with Crippen LogP contribution in [-0.4, -0.2) is 114 Å². The van der Waals surface area contributed by atoms with Gasteiger partial charge in [0.25, 0.3) is 0 Å². The highest BCUT2D eigenvalue weighted by atomic mass is 16.7. The molecule has 9 N–H and O–H groups in total. The average molecular weight is 580 g/mol. The number of phenolic OH excluding ortho intramolecular Hbond substituents is 2. The van der Waals surface area contributed by atoms with E-state index in [1.807, 2.05) is 0 Å². The Morgan fingerprint density at radius 3 is 1.98 bits per heavy atom. The third-order valence-electron chi connectivity index (χ3n) is 7.07. The standard InChI is InChI=1S/C27H30O14/c1-10-19(31)21(33)23(35)26(37-10)40-17-8-14-15(38-25(17)11-2-4-12(29)5-3-11)6-13(30)7-16(14)39-27-24(36)22(34)20(32)18(9-28)41-27/h2-8,10,18-24,26-28,31-36H,9H2,1H3,(H-,29,30)/p+1. The number of ether oxygens (including phenoxy) is 4. The van der Waals surface area contributed by atoms with Gasteiger partial charge in [-0.05, 0) is 31.2 Å². The molecule has 1 aromatic heterocycles. The van der Waals surface area contributed by atoms with E-state index in [0.717, 1.165) is 6.07 Å². The van der Waals surface area contributed by atoms with E-state index in [-0.39, 0.29) is 39.7 Å². The van der Waals surface area contributed by atoms with Crippen LogP contribution in [0.4, 0.5) is 0 Å². The van der Waals surface area contributed by atoms with Crippen molar-refractivity contribution in [3.8, 4) is 34.3 Å². The van der Waals surface area contributed by atoms with Crippen LogP contribution in [0.1, 0.15) is 6.92 Å². The Labute approximate surface area is 232 Å². The molecular weight excluding hydrogens is 548 g/mol. The van der Waals surface area contributed by atoms with E-state index in [1.165, 1.54) is 43.3 Å². The van der Waals surface area contributed by atoms with Crippen molar-refractivity contribution in [1.82, 2.24) is 0 Å². The van der Waals surface area contributed by atoms with Crippen molar-refractivity contribution in [2.75, 3.05) is 6.61 Å². The van der Waals surface area contributed by atoms with Gasteiger partial charge in [0, 0.05) is 12.1 Å². The Hall–Kier alpha value is -3.31. The fourth-order valence-corrected chi connectivity index (χ4v) is 4.70. The zero-order chi connectivity index (χ0) is 29.6. The summed E-state index contributed by atoms with van der Waals surface area (Å²) < 4.78 is 28.8. The number of aliphatic hydroxyl groups excluding tert-OH is 7. The quantitative estimate of drug-likeness (QED) is 0.163. The van der Waals surface area contributed by atoms with Gasteiger partial charge in [-0.15, -0.1) is 0 Å². The van der Waals surface area contributed by atoms with Crippen LogP contribution in [-0.2, 0) is 9.47 Å². The predicted octanol–water partition coefficient (Wildman–Crippen LogP) is -0.823. The van der Waals surface area contributed by atoms with E-state index < -0.39 is 68.0 Å². The lowest BCUT2D eigenvalue weighted by molar-refractivity contribution is -0.277. The van der Waals surface area contributed by atoms with Gasteiger partial charge in [0.05, 0.1) is 24.3 Å². The van der Waals surface area contributed by atoms with Gasteiger partial charge in [-0.1, -0.05) is 0 Å². The number of benzene rings is 2. The summed E-state index contributed by atoms with van der Waals surface area (Å²) in [5.74, 6) is -0.451. The highest BCUT2D eigenvalue weighted by Crippen LogP contribution is 2.42. The Kier molecular flexibility index (Phi) is 8.20. The molecule has 41 heavy (non-hydrogen) atoms. The molecule has 0 amide bonds. The highest BCUT2D eigenvalue weighted by Gasteiger charge is 2.46. The van der Waals surface area contributed by atoms with Gasteiger partial charge in [-0.3, -0.25) is 0 Å². The second kappa shape index (κ2) is 11.5. The molecule has 2 aliphatic heterocycles. The van der Waals surface area contributed by atoms with E-state index in [1.54, 1.807) is 0 Å². The maximum absolute atomic E-state index is 10.5. The monoisotopic (exact) mass is 579 g/mol. The van der Waals surface area contributed by atoms with Crippen LogP contribution < -0.4 is 9.47 Å². The SMILES string of the molecule is CC1OC(Oc2cc3c(OC4OC(CO)C(O)C(O)C4O)cc(O)cc3[o+]c2-c2ccc(O)cc2)C(O)C(O)C1O. The fraction of sp³-hybridized carbons (Fsp3) is 0.444. The molecule has 222 valence electrons. The first kappa shape index (κ1) is 29.2. The maximum atomic E-state index is 10.5. The first-order valence-electron chi connectivity index (χ1n) is 12.7. The topological polar surface area (TPSA) is 230 Å². The number of hydrogen-bond acceptors (Lipinski definition) is 13. The lowest BCUT2D eigenvalue weighted by Crippen LogP contribution is -2.60. The van der Waals surface area contributed by atoms with Gasteiger partial charge in [-0.25, -0.2) is 4.42 Å². The Bertz CT molecular complexity index is 1360. The minimum absolute atomic E-state index is 0.0261. The molecule has 2 fully saturated rings. The minimum Gasteiger partial charge on any atom is -0.508 e. The lowest BCUT2D eigenvalue weighted by atomic mass is 9.99. The van der Waals surface area contributed by atoms with Gasteiger partial charge in [-0.2, -0.15) is 0 Å². The Morgan fingerprint density at radius 1 is 0.707 bits per heavy atom. The molecule has 10 unspecified atom stereocenters. The van der Waals surface area contributed by atoms with E-state index in [0.29, 0.717) is 5.56 Å². The van der Waals surface area contributed by atoms with E-state index in [9.17, 15) is 46.0 Å². The zero-order valence-corrected chi connectivity index (χ0v) is 21.6. The second-order valence-electron chi connectivity index (χ2n) is 9.96. The second-order valence-corrected chi connectivity index (χ2v) is 9.96. The van der Waals surface area contributed by atoms with Crippen molar-refractivity contribution in [2.24, 2.45) is 0 Å².